The Bertz CT molecular complexity index is 245. The van der Waals surface area contributed by atoms with Crippen molar-refractivity contribution in [1.29, 1.82) is 0 Å². The highest BCUT2D eigenvalue weighted by atomic mass is 79.9. The van der Waals surface area contributed by atoms with Crippen LogP contribution in [0.15, 0.2) is 0 Å². The minimum Gasteiger partial charge on any atom is -0.465 e. The summed E-state index contributed by atoms with van der Waals surface area (Å²) < 4.78 is 9.81. The molecule has 6 heteroatoms. The van der Waals surface area contributed by atoms with Crippen molar-refractivity contribution in [3.63, 3.8) is 0 Å². The fourth-order valence-corrected chi connectivity index (χ4v) is 2.44. The number of carbonyl (C=O) groups is 2. The van der Waals surface area contributed by atoms with Crippen LogP contribution < -0.4 is 0 Å². The largest absolute Gasteiger partial charge is 0.465 e. The number of esters is 2. The lowest BCUT2D eigenvalue weighted by Gasteiger charge is -2.10. The van der Waals surface area contributed by atoms with Crippen molar-refractivity contribution in [3.05, 3.63) is 0 Å². The van der Waals surface area contributed by atoms with Gasteiger partial charge in [-0.3, -0.25) is 9.59 Å². The molecule has 0 saturated heterocycles. The molecule has 0 aromatic heterocycles. The fourth-order valence-electron chi connectivity index (χ4n) is 1.52. The molecule has 0 radical (unpaired) electrons. The predicted octanol–water partition coefficient (Wildman–Crippen LogP) is 3.59. The highest BCUT2D eigenvalue weighted by Crippen LogP contribution is 2.16. The maximum Gasteiger partial charge on any atom is 0.319 e. The molecule has 0 aliphatic heterocycles. The predicted molar refractivity (Wildman–Crippen MR) is 81.8 cm³/mol. The molecule has 0 aromatic rings. The number of rotatable bonds is 10. The Hall–Kier alpha value is -0.100. The van der Waals surface area contributed by atoms with E-state index in [1.807, 2.05) is 0 Å². The van der Waals surface area contributed by atoms with Gasteiger partial charge in [0.25, 0.3) is 0 Å². The van der Waals surface area contributed by atoms with E-state index in [1.54, 1.807) is 13.8 Å². The SMILES string of the molecule is CCOC(=O)[C@@H](Br)CCCCC[C@H](Br)C(=O)OCC. The Balaban J connectivity index is 3.59. The molecular weight excluding hydrogens is 380 g/mol. The Morgan fingerprint density at radius 3 is 1.53 bits per heavy atom. The number of carbonyl (C=O) groups excluding carboxylic acids is 2. The van der Waals surface area contributed by atoms with E-state index in [0.717, 1.165) is 32.1 Å². The van der Waals surface area contributed by atoms with E-state index in [2.05, 4.69) is 31.9 Å². The van der Waals surface area contributed by atoms with Crippen LogP contribution in [0.3, 0.4) is 0 Å². The second kappa shape index (κ2) is 11.7. The van der Waals surface area contributed by atoms with Gasteiger partial charge in [0.2, 0.25) is 0 Å². The molecule has 0 fully saturated rings. The lowest BCUT2D eigenvalue weighted by Crippen LogP contribution is -2.18. The quantitative estimate of drug-likeness (QED) is 0.319. The molecule has 0 aliphatic rings. The molecule has 0 heterocycles. The third-order valence-corrected chi connectivity index (χ3v) is 4.16. The Morgan fingerprint density at radius 2 is 1.21 bits per heavy atom. The summed E-state index contributed by atoms with van der Waals surface area (Å²) in [7, 11) is 0. The first-order valence-corrected chi connectivity index (χ1v) is 8.47. The van der Waals surface area contributed by atoms with Crippen molar-refractivity contribution in [2.24, 2.45) is 0 Å². The third-order valence-electron chi connectivity index (χ3n) is 2.50. The highest BCUT2D eigenvalue weighted by Gasteiger charge is 2.17. The summed E-state index contributed by atoms with van der Waals surface area (Å²) in [6.07, 6.45) is 4.34. The Morgan fingerprint density at radius 1 is 0.842 bits per heavy atom. The number of hydrogen-bond acceptors (Lipinski definition) is 4. The maximum atomic E-state index is 11.3. The van der Waals surface area contributed by atoms with Crippen molar-refractivity contribution in [1.82, 2.24) is 0 Å². The van der Waals surface area contributed by atoms with Gasteiger partial charge in [0.1, 0.15) is 9.65 Å². The smallest absolute Gasteiger partial charge is 0.319 e. The fraction of sp³-hybridized carbons (Fsp3) is 0.846. The Labute approximate surface area is 131 Å². The second-order valence-electron chi connectivity index (χ2n) is 4.08. The van der Waals surface area contributed by atoms with Gasteiger partial charge in [0.15, 0.2) is 0 Å². The second-order valence-corrected chi connectivity index (χ2v) is 6.29. The summed E-state index contributed by atoms with van der Waals surface area (Å²) >= 11 is 6.62. The van der Waals surface area contributed by atoms with Gasteiger partial charge in [0, 0.05) is 0 Å². The number of hydrogen-bond donors (Lipinski definition) is 0. The van der Waals surface area contributed by atoms with Crippen LogP contribution in [0.4, 0.5) is 0 Å². The van der Waals surface area contributed by atoms with Crippen LogP contribution in [-0.2, 0) is 19.1 Å². The van der Waals surface area contributed by atoms with Gasteiger partial charge in [0.05, 0.1) is 13.2 Å². The summed E-state index contributed by atoms with van der Waals surface area (Å²) in [6.45, 7) is 4.41. The molecule has 0 aliphatic carbocycles. The van der Waals surface area contributed by atoms with E-state index < -0.39 is 0 Å². The van der Waals surface area contributed by atoms with Gasteiger partial charge in [-0.05, 0) is 26.7 Å². The van der Waals surface area contributed by atoms with E-state index in [9.17, 15) is 9.59 Å². The molecule has 112 valence electrons. The average Bonchev–Trinajstić information content (AvgIpc) is 2.38. The molecule has 2 atom stereocenters. The maximum absolute atomic E-state index is 11.3. The van der Waals surface area contributed by atoms with Crippen LogP contribution in [0.5, 0.6) is 0 Å². The monoisotopic (exact) mass is 400 g/mol. The molecular formula is C13H22Br2O4. The zero-order chi connectivity index (χ0) is 14.7. The van der Waals surface area contributed by atoms with E-state index in [4.69, 9.17) is 9.47 Å². The zero-order valence-corrected chi connectivity index (χ0v) is 14.7. The molecule has 0 rings (SSSR count). The lowest BCUT2D eigenvalue weighted by atomic mass is 10.1. The summed E-state index contributed by atoms with van der Waals surface area (Å²) in [6, 6.07) is 0. The standard InChI is InChI=1S/C13H22Br2O4/c1-3-18-12(16)10(14)8-6-5-7-9-11(15)13(17)19-4-2/h10-11H,3-9H2,1-2H3/t10-,11-/m0/s1. The van der Waals surface area contributed by atoms with Gasteiger partial charge in [-0.1, -0.05) is 51.1 Å². The van der Waals surface area contributed by atoms with Gasteiger partial charge < -0.3 is 9.47 Å². The summed E-state index contributed by atoms with van der Waals surface area (Å²) in [5.41, 5.74) is 0. The molecule has 0 bridgehead atoms. The average molecular weight is 402 g/mol. The molecule has 0 N–H and O–H groups in total. The molecule has 0 aromatic carbocycles. The first-order valence-electron chi connectivity index (χ1n) is 6.64. The van der Waals surface area contributed by atoms with Gasteiger partial charge in [-0.15, -0.1) is 0 Å². The molecule has 0 saturated carbocycles. The lowest BCUT2D eigenvalue weighted by molar-refractivity contribution is -0.143. The number of ether oxygens (including phenoxy) is 2. The van der Waals surface area contributed by atoms with Crippen molar-refractivity contribution in [3.8, 4) is 0 Å². The van der Waals surface area contributed by atoms with Crippen LogP contribution in [0, 0.1) is 0 Å². The highest BCUT2D eigenvalue weighted by molar-refractivity contribution is 9.10. The molecule has 0 spiro atoms. The van der Waals surface area contributed by atoms with E-state index in [-0.39, 0.29) is 21.6 Å². The molecule has 0 amide bonds. The number of unbranched alkanes of at least 4 members (excludes halogenated alkanes) is 2. The first kappa shape index (κ1) is 18.9. The number of halogens is 2. The van der Waals surface area contributed by atoms with Crippen molar-refractivity contribution < 1.29 is 19.1 Å². The van der Waals surface area contributed by atoms with Gasteiger partial charge >= 0.3 is 11.9 Å². The number of alkyl halides is 2. The van der Waals surface area contributed by atoms with Crippen LogP contribution in [0.2, 0.25) is 0 Å². The van der Waals surface area contributed by atoms with E-state index >= 15 is 0 Å². The minimum absolute atomic E-state index is 0.201. The van der Waals surface area contributed by atoms with Crippen molar-refractivity contribution in [2.75, 3.05) is 13.2 Å². The van der Waals surface area contributed by atoms with Crippen LogP contribution in [-0.4, -0.2) is 34.8 Å². The molecule has 4 nitrogen and oxygen atoms in total. The summed E-state index contributed by atoms with van der Waals surface area (Å²) in [5, 5.41) is 0. The molecule has 19 heavy (non-hydrogen) atoms. The normalized spacial score (nSPS) is 13.7. The van der Waals surface area contributed by atoms with E-state index in [1.165, 1.54) is 0 Å². The van der Waals surface area contributed by atoms with E-state index in [0.29, 0.717) is 13.2 Å². The van der Waals surface area contributed by atoms with Crippen molar-refractivity contribution in [2.45, 2.75) is 55.6 Å². The van der Waals surface area contributed by atoms with Crippen LogP contribution in [0.1, 0.15) is 46.0 Å². The summed E-state index contributed by atoms with van der Waals surface area (Å²) in [4.78, 5) is 22.2. The minimum atomic E-state index is -0.225. The topological polar surface area (TPSA) is 52.6 Å². The van der Waals surface area contributed by atoms with Crippen molar-refractivity contribution >= 4 is 43.8 Å². The van der Waals surface area contributed by atoms with Gasteiger partial charge in [-0.25, -0.2) is 0 Å². The first-order chi connectivity index (χ1) is 9.02. The third kappa shape index (κ3) is 9.44. The molecule has 0 unspecified atom stereocenters. The Kier molecular flexibility index (Phi) is 11.6. The zero-order valence-electron chi connectivity index (χ0n) is 11.5. The van der Waals surface area contributed by atoms with Crippen LogP contribution >= 0.6 is 31.9 Å². The van der Waals surface area contributed by atoms with Crippen LogP contribution in [0.25, 0.3) is 0 Å². The summed E-state index contributed by atoms with van der Waals surface area (Å²) in [5.74, 6) is -0.403. The van der Waals surface area contributed by atoms with Gasteiger partial charge in [-0.2, -0.15) is 0 Å².